The summed E-state index contributed by atoms with van der Waals surface area (Å²) in [5.74, 6) is 0.637. The first-order chi connectivity index (χ1) is 15.0. The molecule has 7 heteroatoms. The number of rotatable bonds is 6. The molecule has 0 radical (unpaired) electrons. The van der Waals surface area contributed by atoms with Gasteiger partial charge in [-0.3, -0.25) is 9.69 Å². The van der Waals surface area contributed by atoms with Crippen molar-refractivity contribution in [1.82, 2.24) is 15.1 Å². The Labute approximate surface area is 183 Å². The van der Waals surface area contributed by atoms with Gasteiger partial charge in [0.1, 0.15) is 12.0 Å². The smallest absolute Gasteiger partial charge is 0.255 e. The molecule has 0 aromatic heterocycles. The van der Waals surface area contributed by atoms with E-state index in [1.807, 2.05) is 49.4 Å². The molecule has 2 aromatic carbocycles. The number of ether oxygens (including phenoxy) is 2. The Bertz CT molecular complexity index is 967. The maximum atomic E-state index is 13.2. The van der Waals surface area contributed by atoms with Crippen molar-refractivity contribution in [3.8, 4) is 5.75 Å². The molecule has 1 saturated heterocycles. The topological polar surface area (TPSA) is 66.1 Å². The summed E-state index contributed by atoms with van der Waals surface area (Å²) in [6.45, 7) is 6.70. The van der Waals surface area contributed by atoms with Crippen LogP contribution in [0.4, 0.5) is 5.69 Å². The van der Waals surface area contributed by atoms with Gasteiger partial charge < -0.3 is 25.0 Å². The van der Waals surface area contributed by atoms with Crippen molar-refractivity contribution in [3.63, 3.8) is 0 Å². The Kier molecular flexibility index (Phi) is 6.44. The number of carbonyl (C=O) groups excluding carboxylic acids is 1. The van der Waals surface area contributed by atoms with Crippen LogP contribution in [0.15, 0.2) is 48.7 Å². The second-order valence-electron chi connectivity index (χ2n) is 8.09. The van der Waals surface area contributed by atoms with E-state index < -0.39 is 0 Å². The lowest BCUT2D eigenvalue weighted by molar-refractivity contribution is 0.102. The van der Waals surface area contributed by atoms with Gasteiger partial charge >= 0.3 is 0 Å². The van der Waals surface area contributed by atoms with Crippen molar-refractivity contribution in [1.29, 1.82) is 0 Å². The highest BCUT2D eigenvalue weighted by molar-refractivity contribution is 6.05. The number of piperazine rings is 1. The fraction of sp³-hybridized carbons (Fsp3) is 0.375. The number of hydrogen-bond donors (Lipinski definition) is 2. The molecule has 2 N–H and O–H groups in total. The predicted octanol–water partition coefficient (Wildman–Crippen LogP) is 2.96. The summed E-state index contributed by atoms with van der Waals surface area (Å²) in [5.41, 5.74) is 4.25. The number of anilines is 1. The van der Waals surface area contributed by atoms with Gasteiger partial charge in [-0.05, 0) is 49.9 Å². The normalized spacial score (nSPS) is 19.3. The van der Waals surface area contributed by atoms with E-state index in [2.05, 4.69) is 27.5 Å². The molecule has 0 saturated carbocycles. The van der Waals surface area contributed by atoms with Crippen molar-refractivity contribution in [2.24, 2.45) is 0 Å². The number of carbonyl (C=O) groups is 1. The molecule has 0 spiro atoms. The molecule has 0 aliphatic carbocycles. The van der Waals surface area contributed by atoms with Crippen LogP contribution in [0.1, 0.15) is 28.4 Å². The summed E-state index contributed by atoms with van der Waals surface area (Å²) in [5, 5.41) is 6.31. The number of likely N-dealkylation sites (N-methyl/N-ethyl adjacent to an activating group) is 1. The van der Waals surface area contributed by atoms with Crippen molar-refractivity contribution in [3.05, 3.63) is 65.4 Å². The summed E-state index contributed by atoms with van der Waals surface area (Å²) in [4.78, 5) is 17.9. The predicted molar refractivity (Wildman–Crippen MR) is 122 cm³/mol. The van der Waals surface area contributed by atoms with Crippen LogP contribution in [0.25, 0.3) is 5.70 Å². The van der Waals surface area contributed by atoms with E-state index in [4.69, 9.17) is 9.47 Å². The molecule has 164 valence electrons. The average molecular weight is 423 g/mol. The van der Waals surface area contributed by atoms with Gasteiger partial charge in [0.25, 0.3) is 5.91 Å². The van der Waals surface area contributed by atoms with Crippen molar-refractivity contribution in [2.45, 2.75) is 19.7 Å². The number of nitrogens with one attached hydrogen (secondary N) is 2. The number of methoxy groups -OCH3 is 1. The average Bonchev–Trinajstić information content (AvgIpc) is 3.22. The largest absolute Gasteiger partial charge is 0.497 e. The Morgan fingerprint density at radius 1 is 1.19 bits per heavy atom. The SMILES string of the molecule is COc1ccc(C(=O)Nc2cccc(C3=COC(C)N3)c2)c(CN2CCN(C)CC2)c1. The van der Waals surface area contributed by atoms with E-state index in [0.717, 1.165) is 61.0 Å². The van der Waals surface area contributed by atoms with E-state index >= 15 is 0 Å². The highest BCUT2D eigenvalue weighted by atomic mass is 16.5. The van der Waals surface area contributed by atoms with Gasteiger partial charge in [0.2, 0.25) is 0 Å². The van der Waals surface area contributed by atoms with Crippen LogP contribution in [0.3, 0.4) is 0 Å². The molecule has 0 bridgehead atoms. The van der Waals surface area contributed by atoms with Gasteiger partial charge in [-0.1, -0.05) is 12.1 Å². The van der Waals surface area contributed by atoms with Crippen LogP contribution < -0.4 is 15.4 Å². The third-order valence-electron chi connectivity index (χ3n) is 5.73. The number of benzene rings is 2. The third kappa shape index (κ3) is 5.18. The maximum absolute atomic E-state index is 13.2. The van der Waals surface area contributed by atoms with Crippen LogP contribution in [-0.2, 0) is 11.3 Å². The Morgan fingerprint density at radius 2 is 2.00 bits per heavy atom. The molecule has 1 atom stereocenters. The highest BCUT2D eigenvalue weighted by Crippen LogP contribution is 2.24. The lowest BCUT2D eigenvalue weighted by Gasteiger charge is -2.32. The van der Waals surface area contributed by atoms with E-state index in [1.165, 1.54) is 0 Å². The number of hydrogen-bond acceptors (Lipinski definition) is 6. The second kappa shape index (κ2) is 9.41. The zero-order valence-electron chi connectivity index (χ0n) is 18.4. The standard InChI is InChI=1S/C24H30N4O3/c1-17-25-23(16-31-17)18-5-4-6-20(13-18)26-24(29)22-8-7-21(30-3)14-19(22)15-28-11-9-27(2)10-12-28/h4-8,13-14,16-17,25H,9-12,15H2,1-3H3,(H,26,29). The summed E-state index contributed by atoms with van der Waals surface area (Å²) in [7, 11) is 3.79. The van der Waals surface area contributed by atoms with Gasteiger partial charge in [0.15, 0.2) is 6.23 Å². The quantitative estimate of drug-likeness (QED) is 0.746. The molecular formula is C24H30N4O3. The van der Waals surface area contributed by atoms with Crippen molar-refractivity contribution >= 4 is 17.3 Å². The van der Waals surface area contributed by atoms with Gasteiger partial charge in [-0.15, -0.1) is 0 Å². The third-order valence-corrected chi connectivity index (χ3v) is 5.73. The summed E-state index contributed by atoms with van der Waals surface area (Å²) in [6, 6.07) is 13.4. The van der Waals surface area contributed by atoms with Crippen LogP contribution in [0.2, 0.25) is 0 Å². The van der Waals surface area contributed by atoms with Crippen LogP contribution in [-0.4, -0.2) is 62.3 Å². The fourth-order valence-electron chi connectivity index (χ4n) is 3.87. The van der Waals surface area contributed by atoms with Gasteiger partial charge in [0, 0.05) is 49.5 Å². The van der Waals surface area contributed by atoms with Crippen molar-refractivity contribution in [2.75, 3.05) is 45.7 Å². The van der Waals surface area contributed by atoms with Gasteiger partial charge in [0.05, 0.1) is 12.8 Å². The van der Waals surface area contributed by atoms with E-state index in [9.17, 15) is 4.79 Å². The van der Waals surface area contributed by atoms with E-state index in [1.54, 1.807) is 13.4 Å². The minimum atomic E-state index is -0.123. The Hall–Kier alpha value is -3.03. The number of nitrogens with zero attached hydrogens (tertiary/aromatic N) is 2. The molecule has 1 unspecified atom stereocenters. The molecule has 4 rings (SSSR count). The molecular weight excluding hydrogens is 392 g/mol. The minimum absolute atomic E-state index is 0.0512. The molecule has 1 amide bonds. The van der Waals surface area contributed by atoms with Crippen LogP contribution >= 0.6 is 0 Å². The monoisotopic (exact) mass is 422 g/mol. The lowest BCUT2D eigenvalue weighted by Crippen LogP contribution is -2.44. The molecule has 31 heavy (non-hydrogen) atoms. The zero-order valence-corrected chi connectivity index (χ0v) is 18.4. The maximum Gasteiger partial charge on any atom is 0.255 e. The minimum Gasteiger partial charge on any atom is -0.497 e. The molecule has 2 aliphatic heterocycles. The lowest BCUT2D eigenvalue weighted by atomic mass is 10.0. The summed E-state index contributed by atoms with van der Waals surface area (Å²) in [6.07, 6.45) is 1.66. The first-order valence-electron chi connectivity index (χ1n) is 10.6. The molecule has 2 aliphatic rings. The zero-order chi connectivity index (χ0) is 21.8. The van der Waals surface area contributed by atoms with Crippen LogP contribution in [0.5, 0.6) is 5.75 Å². The summed E-state index contributed by atoms with van der Waals surface area (Å²) < 4.78 is 10.9. The second-order valence-corrected chi connectivity index (χ2v) is 8.09. The van der Waals surface area contributed by atoms with E-state index in [0.29, 0.717) is 5.56 Å². The number of amides is 1. The highest BCUT2D eigenvalue weighted by Gasteiger charge is 2.19. The summed E-state index contributed by atoms with van der Waals surface area (Å²) >= 11 is 0. The molecule has 1 fully saturated rings. The van der Waals surface area contributed by atoms with Crippen molar-refractivity contribution < 1.29 is 14.3 Å². The fourth-order valence-corrected chi connectivity index (χ4v) is 3.87. The first kappa shape index (κ1) is 21.2. The Balaban J connectivity index is 1.51. The molecule has 2 aromatic rings. The van der Waals surface area contributed by atoms with E-state index in [-0.39, 0.29) is 12.1 Å². The molecule has 7 nitrogen and oxygen atoms in total. The van der Waals surface area contributed by atoms with Gasteiger partial charge in [-0.25, -0.2) is 0 Å². The van der Waals surface area contributed by atoms with Gasteiger partial charge in [-0.2, -0.15) is 0 Å². The molecule has 2 heterocycles. The Morgan fingerprint density at radius 3 is 2.71 bits per heavy atom. The van der Waals surface area contributed by atoms with Crippen LogP contribution in [0, 0.1) is 0 Å². The first-order valence-corrected chi connectivity index (χ1v) is 10.6.